The summed E-state index contributed by atoms with van der Waals surface area (Å²) in [6, 6.07) is 4.42. The number of halogens is 2. The van der Waals surface area contributed by atoms with Gasteiger partial charge in [-0.15, -0.1) is 5.10 Å². The molecule has 1 aliphatic rings. The van der Waals surface area contributed by atoms with E-state index in [1.807, 2.05) is 5.38 Å². The standard InChI is InChI=1S/C13H13ClFN3OS/c14-12-5-9(15)1-2-11(12)13-7-18(3-4-19-13)6-10-8-20-17-16-10/h1-2,5,8,13H,3-4,6-7H2/t13-/m0/s1. The van der Waals surface area contributed by atoms with E-state index >= 15 is 0 Å². The van der Waals surface area contributed by atoms with Crippen molar-refractivity contribution in [3.8, 4) is 0 Å². The van der Waals surface area contributed by atoms with Gasteiger partial charge in [0.05, 0.1) is 18.4 Å². The second kappa shape index (κ2) is 6.13. The Hall–Kier alpha value is -1.08. The van der Waals surface area contributed by atoms with Gasteiger partial charge in [0.15, 0.2) is 0 Å². The molecule has 1 aliphatic heterocycles. The first-order valence-corrected chi connectivity index (χ1v) is 7.48. The van der Waals surface area contributed by atoms with Crippen molar-refractivity contribution in [2.24, 2.45) is 0 Å². The van der Waals surface area contributed by atoms with Gasteiger partial charge in [-0.3, -0.25) is 4.90 Å². The molecule has 2 heterocycles. The molecule has 0 amide bonds. The molecule has 106 valence electrons. The summed E-state index contributed by atoms with van der Waals surface area (Å²) in [4.78, 5) is 2.24. The van der Waals surface area contributed by atoms with Crippen molar-refractivity contribution in [1.29, 1.82) is 0 Å². The first-order valence-electron chi connectivity index (χ1n) is 6.27. The lowest BCUT2D eigenvalue weighted by molar-refractivity contribution is -0.0332. The molecule has 3 rings (SSSR count). The predicted octanol–water partition coefficient (Wildman–Crippen LogP) is 2.90. The maximum absolute atomic E-state index is 13.1. The molecule has 1 aromatic heterocycles. The van der Waals surface area contributed by atoms with Crippen molar-refractivity contribution in [2.45, 2.75) is 12.6 Å². The Morgan fingerprint density at radius 1 is 1.50 bits per heavy atom. The Kier molecular flexibility index (Phi) is 4.26. The Balaban J connectivity index is 1.71. The third-order valence-electron chi connectivity index (χ3n) is 3.25. The smallest absolute Gasteiger partial charge is 0.124 e. The third kappa shape index (κ3) is 3.15. The fraction of sp³-hybridized carbons (Fsp3) is 0.385. The molecule has 0 bridgehead atoms. The van der Waals surface area contributed by atoms with Crippen LogP contribution in [0, 0.1) is 5.82 Å². The van der Waals surface area contributed by atoms with Crippen molar-refractivity contribution in [2.75, 3.05) is 19.7 Å². The molecule has 4 nitrogen and oxygen atoms in total. The molecule has 0 radical (unpaired) electrons. The number of nitrogens with zero attached hydrogens (tertiary/aromatic N) is 3. The van der Waals surface area contributed by atoms with Crippen LogP contribution in [0.4, 0.5) is 4.39 Å². The van der Waals surface area contributed by atoms with Crippen molar-refractivity contribution >= 4 is 23.1 Å². The lowest BCUT2D eigenvalue weighted by Gasteiger charge is -2.33. The van der Waals surface area contributed by atoms with E-state index in [9.17, 15) is 4.39 Å². The van der Waals surface area contributed by atoms with Gasteiger partial charge >= 0.3 is 0 Å². The maximum atomic E-state index is 13.1. The van der Waals surface area contributed by atoms with E-state index in [1.54, 1.807) is 6.07 Å². The second-order valence-corrected chi connectivity index (χ2v) is 5.67. The van der Waals surface area contributed by atoms with Gasteiger partial charge in [0.25, 0.3) is 0 Å². The number of benzene rings is 1. The summed E-state index contributed by atoms with van der Waals surface area (Å²) in [6.07, 6.45) is -0.136. The van der Waals surface area contributed by atoms with Gasteiger partial charge in [0.1, 0.15) is 5.82 Å². The maximum Gasteiger partial charge on any atom is 0.124 e. The molecular weight excluding hydrogens is 301 g/mol. The summed E-state index contributed by atoms with van der Waals surface area (Å²) >= 11 is 7.44. The first-order chi connectivity index (χ1) is 9.72. The molecule has 20 heavy (non-hydrogen) atoms. The lowest BCUT2D eigenvalue weighted by Crippen LogP contribution is -2.38. The molecule has 0 unspecified atom stereocenters. The van der Waals surface area contributed by atoms with Crippen LogP contribution in [-0.2, 0) is 11.3 Å². The van der Waals surface area contributed by atoms with Gasteiger partial charge in [-0.25, -0.2) is 4.39 Å². The zero-order chi connectivity index (χ0) is 13.9. The molecule has 0 spiro atoms. The number of ether oxygens (including phenoxy) is 1. The van der Waals surface area contributed by atoms with Gasteiger partial charge < -0.3 is 4.74 Å². The molecule has 1 aromatic carbocycles. The monoisotopic (exact) mass is 313 g/mol. The molecule has 2 aromatic rings. The minimum absolute atomic E-state index is 0.136. The van der Waals surface area contributed by atoms with Crippen LogP contribution in [0.1, 0.15) is 17.4 Å². The molecular formula is C13H13ClFN3OS. The molecule has 1 atom stereocenters. The predicted molar refractivity (Wildman–Crippen MR) is 75.3 cm³/mol. The number of rotatable bonds is 3. The summed E-state index contributed by atoms with van der Waals surface area (Å²) in [5, 5.41) is 6.40. The highest BCUT2D eigenvalue weighted by molar-refractivity contribution is 7.03. The Morgan fingerprint density at radius 3 is 3.15 bits per heavy atom. The van der Waals surface area contributed by atoms with Gasteiger partial charge in [-0.05, 0) is 23.7 Å². The molecule has 0 saturated carbocycles. The van der Waals surface area contributed by atoms with Gasteiger partial charge in [0.2, 0.25) is 0 Å². The average Bonchev–Trinajstić information content (AvgIpc) is 2.92. The SMILES string of the molecule is Fc1ccc([C@@H]2CN(Cc3csnn3)CCO2)c(Cl)c1. The van der Waals surface area contributed by atoms with Crippen LogP contribution in [0.2, 0.25) is 5.02 Å². The number of hydrogen-bond donors (Lipinski definition) is 0. The topological polar surface area (TPSA) is 38.2 Å². The lowest BCUT2D eigenvalue weighted by atomic mass is 10.1. The minimum atomic E-state index is -0.333. The molecule has 0 aliphatic carbocycles. The van der Waals surface area contributed by atoms with E-state index in [0.717, 1.165) is 24.3 Å². The molecule has 1 saturated heterocycles. The van der Waals surface area contributed by atoms with E-state index in [0.29, 0.717) is 18.2 Å². The number of aromatic nitrogens is 2. The van der Waals surface area contributed by atoms with Gasteiger partial charge in [-0.2, -0.15) is 0 Å². The quantitative estimate of drug-likeness (QED) is 0.873. The van der Waals surface area contributed by atoms with E-state index < -0.39 is 0 Å². The zero-order valence-corrected chi connectivity index (χ0v) is 12.2. The fourth-order valence-electron chi connectivity index (χ4n) is 2.28. The van der Waals surface area contributed by atoms with E-state index in [1.165, 1.54) is 23.7 Å². The summed E-state index contributed by atoms with van der Waals surface area (Å²) in [7, 11) is 0. The van der Waals surface area contributed by atoms with Crippen molar-refractivity contribution in [1.82, 2.24) is 14.5 Å². The summed E-state index contributed by atoms with van der Waals surface area (Å²) in [5.41, 5.74) is 1.79. The highest BCUT2D eigenvalue weighted by atomic mass is 35.5. The van der Waals surface area contributed by atoms with Crippen LogP contribution >= 0.6 is 23.1 Å². The largest absolute Gasteiger partial charge is 0.371 e. The van der Waals surface area contributed by atoms with E-state index in [4.69, 9.17) is 16.3 Å². The zero-order valence-electron chi connectivity index (χ0n) is 10.6. The second-order valence-electron chi connectivity index (χ2n) is 4.66. The van der Waals surface area contributed by atoms with Crippen molar-refractivity contribution in [3.05, 3.63) is 45.7 Å². The molecule has 0 N–H and O–H groups in total. The van der Waals surface area contributed by atoms with Crippen LogP contribution in [0.3, 0.4) is 0 Å². The Labute approximate surface area is 125 Å². The summed E-state index contributed by atoms with van der Waals surface area (Å²) < 4.78 is 22.7. The average molecular weight is 314 g/mol. The fourth-order valence-corrected chi connectivity index (χ4v) is 3.01. The van der Waals surface area contributed by atoms with Crippen LogP contribution < -0.4 is 0 Å². The van der Waals surface area contributed by atoms with E-state index in [2.05, 4.69) is 14.5 Å². The first kappa shape index (κ1) is 13.9. The van der Waals surface area contributed by atoms with Crippen LogP contribution in [0.15, 0.2) is 23.6 Å². The minimum Gasteiger partial charge on any atom is -0.371 e. The van der Waals surface area contributed by atoms with Gasteiger partial charge in [-0.1, -0.05) is 22.2 Å². The Morgan fingerprint density at radius 2 is 2.40 bits per heavy atom. The normalized spacial score (nSPS) is 20.2. The van der Waals surface area contributed by atoms with Crippen molar-refractivity contribution in [3.63, 3.8) is 0 Å². The van der Waals surface area contributed by atoms with Crippen LogP contribution in [0.25, 0.3) is 0 Å². The highest BCUT2D eigenvalue weighted by Crippen LogP contribution is 2.29. The van der Waals surface area contributed by atoms with Gasteiger partial charge in [0, 0.05) is 35.6 Å². The van der Waals surface area contributed by atoms with Crippen LogP contribution in [-0.4, -0.2) is 34.2 Å². The third-order valence-corrected chi connectivity index (χ3v) is 4.13. The number of morpholine rings is 1. The summed E-state index contributed by atoms with van der Waals surface area (Å²) in [6.45, 7) is 2.92. The van der Waals surface area contributed by atoms with Crippen LogP contribution in [0.5, 0.6) is 0 Å². The summed E-state index contributed by atoms with van der Waals surface area (Å²) in [5.74, 6) is -0.333. The van der Waals surface area contributed by atoms with E-state index in [-0.39, 0.29) is 11.9 Å². The van der Waals surface area contributed by atoms with Crippen molar-refractivity contribution < 1.29 is 9.13 Å². The Bertz CT molecular complexity index is 581. The molecule has 1 fully saturated rings. The number of hydrogen-bond acceptors (Lipinski definition) is 5. The highest BCUT2D eigenvalue weighted by Gasteiger charge is 2.24. The molecule has 7 heteroatoms.